The molecule has 0 aliphatic heterocycles. The minimum atomic E-state index is 0. The van der Waals surface area contributed by atoms with Gasteiger partial charge in [-0.2, -0.15) is 0 Å². The molecule has 1 rings (SSSR count). The lowest BCUT2D eigenvalue weighted by Crippen LogP contribution is -2.24. The lowest BCUT2D eigenvalue weighted by atomic mass is 10.2. The zero-order chi connectivity index (χ0) is 9.52. The molecule has 0 heterocycles. The van der Waals surface area contributed by atoms with Gasteiger partial charge in [-0.05, 0) is 25.0 Å². The Morgan fingerprint density at radius 2 is 1.43 bits per heavy atom. The minimum Gasteiger partial charge on any atom is -0.372 e. The highest BCUT2D eigenvalue weighted by molar-refractivity contribution is 5.75. The van der Waals surface area contributed by atoms with E-state index in [9.17, 15) is 0 Å². The first-order valence-electron chi connectivity index (χ1n) is 5.18. The Morgan fingerprint density at radius 3 is 1.86 bits per heavy atom. The Morgan fingerprint density at radius 1 is 0.929 bits per heavy atom. The van der Waals surface area contributed by atoms with Crippen LogP contribution in [0.3, 0.4) is 0 Å². The molecule has 0 fully saturated rings. The van der Waals surface area contributed by atoms with E-state index in [1.165, 1.54) is 18.5 Å². The summed E-state index contributed by atoms with van der Waals surface area (Å²) < 4.78 is 0. The number of hydrogen-bond acceptors (Lipinski definition) is 1. The summed E-state index contributed by atoms with van der Waals surface area (Å²) in [7, 11) is 0. The van der Waals surface area contributed by atoms with Crippen LogP contribution in [0.5, 0.6) is 0 Å². The molecule has 0 aromatic heterocycles. The van der Waals surface area contributed by atoms with Gasteiger partial charge in [-0.15, -0.1) is 0 Å². The van der Waals surface area contributed by atoms with Crippen molar-refractivity contribution in [2.75, 3.05) is 18.0 Å². The van der Waals surface area contributed by atoms with E-state index in [0.29, 0.717) is 0 Å². The van der Waals surface area contributed by atoms with Crippen LogP contribution in [0.4, 0.5) is 5.69 Å². The predicted octanol–water partition coefficient (Wildman–Crippen LogP) is 2.13. The third-order valence-corrected chi connectivity index (χ3v) is 2.11. The fourth-order valence-corrected chi connectivity index (χ4v) is 1.55. The molecule has 0 radical (unpaired) electrons. The van der Waals surface area contributed by atoms with Crippen molar-refractivity contribution in [3.8, 4) is 0 Å². The highest BCUT2D eigenvalue weighted by Crippen LogP contribution is 2.13. The molecule has 0 bridgehead atoms. The Balaban J connectivity index is 0.00000169. The Hall–Kier alpha value is -0.448. The highest BCUT2D eigenvalue weighted by atomic mass is 27.0. The van der Waals surface area contributed by atoms with Gasteiger partial charge in [-0.25, -0.2) is 0 Å². The van der Waals surface area contributed by atoms with Crippen LogP contribution < -0.4 is 4.90 Å². The summed E-state index contributed by atoms with van der Waals surface area (Å²) >= 11 is 0. The molecule has 0 amide bonds. The molecule has 1 aromatic rings. The first-order chi connectivity index (χ1) is 6.38. The van der Waals surface area contributed by atoms with Crippen LogP contribution in [0.15, 0.2) is 30.3 Å². The van der Waals surface area contributed by atoms with E-state index in [0.717, 1.165) is 13.1 Å². The van der Waals surface area contributed by atoms with E-state index in [1.807, 2.05) is 0 Å². The van der Waals surface area contributed by atoms with Crippen LogP contribution in [0.1, 0.15) is 26.7 Å². The molecular formula is C12H22AlN. The number of benzene rings is 1. The van der Waals surface area contributed by atoms with Gasteiger partial charge in [0.05, 0.1) is 0 Å². The van der Waals surface area contributed by atoms with Gasteiger partial charge in [-0.3, -0.25) is 0 Å². The normalized spacial score (nSPS) is 9.29. The summed E-state index contributed by atoms with van der Waals surface area (Å²) in [5.74, 6) is 0. The summed E-state index contributed by atoms with van der Waals surface area (Å²) in [5.41, 5.74) is 1.35. The number of nitrogens with zero attached hydrogens (tertiary/aromatic N) is 1. The quantitative estimate of drug-likeness (QED) is 0.669. The van der Waals surface area contributed by atoms with Crippen molar-refractivity contribution in [1.82, 2.24) is 0 Å². The molecule has 1 nitrogen and oxygen atoms in total. The van der Waals surface area contributed by atoms with E-state index in [-0.39, 0.29) is 17.4 Å². The van der Waals surface area contributed by atoms with Gasteiger partial charge in [0.25, 0.3) is 0 Å². The van der Waals surface area contributed by atoms with E-state index >= 15 is 0 Å². The lowest BCUT2D eigenvalue weighted by molar-refractivity contribution is 0.745. The van der Waals surface area contributed by atoms with Crippen LogP contribution in [0.2, 0.25) is 0 Å². The molecule has 1 aromatic carbocycles. The Labute approximate surface area is 98.3 Å². The molecule has 0 aliphatic rings. The zero-order valence-electron chi connectivity index (χ0n) is 8.66. The summed E-state index contributed by atoms with van der Waals surface area (Å²) in [5, 5.41) is 0. The standard InChI is InChI=1S/C12H19N.Al.3H/c1-3-10-13(11-4-2)12-8-6-5-7-9-12;;;;/h5-9H,3-4,10-11H2,1-2H3;;;;. The maximum atomic E-state index is 2.44. The van der Waals surface area contributed by atoms with Crippen molar-refractivity contribution >= 4 is 23.0 Å². The van der Waals surface area contributed by atoms with Gasteiger partial charge in [0, 0.05) is 18.8 Å². The molecule has 0 saturated carbocycles. The van der Waals surface area contributed by atoms with Gasteiger partial charge in [-0.1, -0.05) is 32.0 Å². The summed E-state index contributed by atoms with van der Waals surface area (Å²) in [6.07, 6.45) is 2.43. The fourth-order valence-electron chi connectivity index (χ4n) is 1.55. The third kappa shape index (κ3) is 4.18. The second kappa shape index (κ2) is 7.91. The topological polar surface area (TPSA) is 3.24 Å². The molecular weight excluding hydrogens is 185 g/mol. The number of para-hydroxylation sites is 1. The monoisotopic (exact) mass is 207 g/mol. The van der Waals surface area contributed by atoms with E-state index in [4.69, 9.17) is 0 Å². The van der Waals surface area contributed by atoms with E-state index in [2.05, 4.69) is 49.1 Å². The lowest BCUT2D eigenvalue weighted by Gasteiger charge is -2.23. The van der Waals surface area contributed by atoms with Crippen molar-refractivity contribution in [3.63, 3.8) is 0 Å². The maximum absolute atomic E-state index is 2.44. The molecule has 0 spiro atoms. The SMILES string of the molecule is CCCN(CCC)c1ccccc1.[AlH3]. The summed E-state index contributed by atoms with van der Waals surface area (Å²) in [6, 6.07) is 10.7. The van der Waals surface area contributed by atoms with Crippen LogP contribution in [0, 0.1) is 0 Å². The molecule has 14 heavy (non-hydrogen) atoms. The van der Waals surface area contributed by atoms with Gasteiger partial charge in [0.15, 0.2) is 17.4 Å². The molecule has 0 unspecified atom stereocenters. The van der Waals surface area contributed by atoms with Gasteiger partial charge < -0.3 is 4.90 Å². The van der Waals surface area contributed by atoms with Crippen LogP contribution >= 0.6 is 0 Å². The number of hydrogen-bond donors (Lipinski definition) is 0. The smallest absolute Gasteiger partial charge is 0.187 e. The zero-order valence-corrected chi connectivity index (χ0v) is 8.66. The third-order valence-electron chi connectivity index (χ3n) is 2.11. The molecule has 78 valence electrons. The highest BCUT2D eigenvalue weighted by Gasteiger charge is 2.01. The minimum absolute atomic E-state index is 0. The van der Waals surface area contributed by atoms with Gasteiger partial charge in [0.1, 0.15) is 0 Å². The molecule has 2 heteroatoms. The number of rotatable bonds is 5. The second-order valence-corrected chi connectivity index (χ2v) is 3.32. The Bertz CT molecular complexity index is 217. The second-order valence-electron chi connectivity index (χ2n) is 3.32. The molecule has 0 atom stereocenters. The first kappa shape index (κ1) is 13.6. The van der Waals surface area contributed by atoms with Gasteiger partial charge >= 0.3 is 0 Å². The van der Waals surface area contributed by atoms with E-state index in [1.54, 1.807) is 0 Å². The number of anilines is 1. The predicted molar refractivity (Wildman–Crippen MR) is 69.2 cm³/mol. The summed E-state index contributed by atoms with van der Waals surface area (Å²) in [6.45, 7) is 6.78. The van der Waals surface area contributed by atoms with Crippen molar-refractivity contribution in [2.45, 2.75) is 26.7 Å². The van der Waals surface area contributed by atoms with Crippen molar-refractivity contribution in [2.24, 2.45) is 0 Å². The largest absolute Gasteiger partial charge is 0.372 e. The van der Waals surface area contributed by atoms with E-state index < -0.39 is 0 Å². The van der Waals surface area contributed by atoms with Crippen LogP contribution in [-0.2, 0) is 0 Å². The van der Waals surface area contributed by atoms with Crippen molar-refractivity contribution < 1.29 is 0 Å². The van der Waals surface area contributed by atoms with Gasteiger partial charge in [0.2, 0.25) is 0 Å². The molecule has 0 aliphatic carbocycles. The first-order valence-corrected chi connectivity index (χ1v) is 5.18. The van der Waals surface area contributed by atoms with Crippen LogP contribution in [-0.4, -0.2) is 30.5 Å². The average Bonchev–Trinajstić information content (AvgIpc) is 2.19. The summed E-state index contributed by atoms with van der Waals surface area (Å²) in [4.78, 5) is 2.44. The fraction of sp³-hybridized carbons (Fsp3) is 0.500. The average molecular weight is 207 g/mol. The maximum Gasteiger partial charge on any atom is 0.187 e. The Kier molecular flexibility index (Phi) is 7.66. The van der Waals surface area contributed by atoms with Crippen LogP contribution in [0.25, 0.3) is 0 Å². The van der Waals surface area contributed by atoms with Crippen molar-refractivity contribution in [1.29, 1.82) is 0 Å². The molecule has 0 saturated heterocycles. The van der Waals surface area contributed by atoms with Crippen molar-refractivity contribution in [3.05, 3.63) is 30.3 Å². The molecule has 0 N–H and O–H groups in total.